The molecule has 98 valence electrons. The number of nitrogens with two attached hydrogens (primary N) is 1. The van der Waals surface area contributed by atoms with Crippen molar-refractivity contribution in [1.29, 1.82) is 0 Å². The number of aromatic nitrogens is 2. The summed E-state index contributed by atoms with van der Waals surface area (Å²) in [5, 5.41) is 9.94. The maximum absolute atomic E-state index is 13.0. The number of amides is 1. The Labute approximate surface area is 116 Å². The molecule has 0 saturated carbocycles. The van der Waals surface area contributed by atoms with Crippen molar-refractivity contribution >= 4 is 33.3 Å². The number of hydrogen-bond acceptors (Lipinski definition) is 5. The molecule has 1 amide bonds. The van der Waals surface area contributed by atoms with Crippen LogP contribution in [0.5, 0.6) is 0 Å². The molecule has 0 unspecified atom stereocenters. The Kier molecular flexibility index (Phi) is 4.03. The Morgan fingerprint density at radius 2 is 2.05 bits per heavy atom. The lowest BCUT2D eigenvalue weighted by molar-refractivity contribution is 0.102. The smallest absolute Gasteiger partial charge is 0.276 e. The first kappa shape index (κ1) is 13.4. The van der Waals surface area contributed by atoms with Crippen molar-refractivity contribution < 1.29 is 9.18 Å². The van der Waals surface area contributed by atoms with Crippen LogP contribution in [0, 0.1) is 5.82 Å². The van der Waals surface area contributed by atoms with E-state index in [2.05, 4.69) is 36.9 Å². The molecule has 1 aromatic carbocycles. The summed E-state index contributed by atoms with van der Waals surface area (Å²) >= 11 is 3.03. The van der Waals surface area contributed by atoms with Gasteiger partial charge in [0.2, 0.25) is 0 Å². The third kappa shape index (κ3) is 3.24. The van der Waals surface area contributed by atoms with Crippen LogP contribution in [0.25, 0.3) is 0 Å². The van der Waals surface area contributed by atoms with Gasteiger partial charge in [0.25, 0.3) is 5.91 Å². The first-order valence-electron chi connectivity index (χ1n) is 5.17. The van der Waals surface area contributed by atoms with Gasteiger partial charge in [0.15, 0.2) is 11.5 Å². The van der Waals surface area contributed by atoms with Crippen molar-refractivity contribution in [3.63, 3.8) is 0 Å². The molecular formula is C11H9BrFN5O. The van der Waals surface area contributed by atoms with Gasteiger partial charge >= 0.3 is 0 Å². The molecule has 0 bridgehead atoms. The molecule has 4 N–H and O–H groups in total. The first-order valence-corrected chi connectivity index (χ1v) is 5.96. The minimum Gasteiger partial charge on any atom is -0.321 e. The predicted octanol–water partition coefficient (Wildman–Crippen LogP) is 1.92. The van der Waals surface area contributed by atoms with Crippen molar-refractivity contribution in [2.24, 2.45) is 5.84 Å². The Morgan fingerprint density at radius 1 is 1.26 bits per heavy atom. The van der Waals surface area contributed by atoms with E-state index < -0.39 is 11.7 Å². The average Bonchev–Trinajstić information content (AvgIpc) is 2.43. The maximum atomic E-state index is 13.0. The number of rotatable bonds is 3. The van der Waals surface area contributed by atoms with Crippen molar-refractivity contribution in [2.45, 2.75) is 0 Å². The predicted molar refractivity (Wildman–Crippen MR) is 71.9 cm³/mol. The largest absolute Gasteiger partial charge is 0.321 e. The minimum atomic E-state index is -0.449. The third-order valence-corrected chi connectivity index (χ3v) is 2.83. The lowest BCUT2D eigenvalue weighted by Gasteiger charge is -2.05. The topological polar surface area (TPSA) is 92.9 Å². The SMILES string of the molecule is NNc1ccc(C(=O)Nc2ccc(F)c(Br)c2)nn1. The summed E-state index contributed by atoms with van der Waals surface area (Å²) in [4.78, 5) is 11.8. The van der Waals surface area contributed by atoms with Gasteiger partial charge in [0.05, 0.1) is 4.47 Å². The molecule has 6 nitrogen and oxygen atoms in total. The van der Waals surface area contributed by atoms with Crippen LogP contribution in [0.2, 0.25) is 0 Å². The summed E-state index contributed by atoms with van der Waals surface area (Å²) in [6.45, 7) is 0. The van der Waals surface area contributed by atoms with Gasteiger partial charge in [-0.15, -0.1) is 10.2 Å². The highest BCUT2D eigenvalue weighted by Crippen LogP contribution is 2.20. The lowest BCUT2D eigenvalue weighted by atomic mass is 10.3. The van der Waals surface area contributed by atoms with Gasteiger partial charge in [-0.3, -0.25) is 4.79 Å². The maximum Gasteiger partial charge on any atom is 0.276 e. The van der Waals surface area contributed by atoms with Crippen LogP contribution in [0.15, 0.2) is 34.8 Å². The normalized spacial score (nSPS) is 10.1. The number of nitrogens with one attached hydrogen (secondary N) is 2. The van der Waals surface area contributed by atoms with Gasteiger partial charge in [-0.1, -0.05) is 0 Å². The van der Waals surface area contributed by atoms with Crippen LogP contribution in [0.4, 0.5) is 15.9 Å². The molecule has 2 aromatic rings. The van der Waals surface area contributed by atoms with E-state index in [1.807, 2.05) is 0 Å². The number of anilines is 2. The fourth-order valence-electron chi connectivity index (χ4n) is 1.30. The van der Waals surface area contributed by atoms with Gasteiger partial charge in [-0.05, 0) is 46.3 Å². The molecule has 2 rings (SSSR count). The number of carbonyl (C=O) groups excluding carboxylic acids is 1. The molecule has 1 heterocycles. The summed E-state index contributed by atoms with van der Waals surface area (Å²) in [7, 11) is 0. The molecule has 0 fully saturated rings. The molecule has 0 saturated heterocycles. The standard InChI is InChI=1S/C11H9BrFN5O/c12-7-5-6(1-2-8(7)13)15-11(19)9-3-4-10(16-14)18-17-9/h1-5H,14H2,(H,15,19)(H,16,18). The number of carbonyl (C=O) groups is 1. The number of nitrogens with zero attached hydrogens (tertiary/aromatic N) is 2. The summed E-state index contributed by atoms with van der Waals surface area (Å²) < 4.78 is 13.3. The number of halogens is 2. The monoisotopic (exact) mass is 325 g/mol. The van der Waals surface area contributed by atoms with Crippen molar-refractivity contribution in [3.8, 4) is 0 Å². The number of hydrazine groups is 1. The van der Waals surface area contributed by atoms with Crippen LogP contribution in [-0.2, 0) is 0 Å². The van der Waals surface area contributed by atoms with E-state index in [1.165, 1.54) is 30.3 Å². The Balaban J connectivity index is 2.13. The molecule has 0 radical (unpaired) electrons. The zero-order valence-corrected chi connectivity index (χ0v) is 11.1. The molecule has 0 aliphatic rings. The van der Waals surface area contributed by atoms with E-state index in [1.54, 1.807) is 0 Å². The van der Waals surface area contributed by atoms with Crippen molar-refractivity contribution in [3.05, 3.63) is 46.3 Å². The highest BCUT2D eigenvalue weighted by Gasteiger charge is 2.09. The Morgan fingerprint density at radius 3 is 2.63 bits per heavy atom. The quantitative estimate of drug-likeness (QED) is 0.592. The third-order valence-electron chi connectivity index (χ3n) is 2.22. The van der Waals surface area contributed by atoms with E-state index in [4.69, 9.17) is 5.84 Å². The van der Waals surface area contributed by atoms with E-state index in [0.29, 0.717) is 11.5 Å². The van der Waals surface area contributed by atoms with Crippen LogP contribution in [-0.4, -0.2) is 16.1 Å². The number of benzene rings is 1. The van der Waals surface area contributed by atoms with E-state index >= 15 is 0 Å². The van der Waals surface area contributed by atoms with E-state index in [-0.39, 0.29) is 10.2 Å². The minimum absolute atomic E-state index is 0.124. The van der Waals surface area contributed by atoms with Crippen LogP contribution in [0.3, 0.4) is 0 Å². The Bertz CT molecular complexity index is 605. The van der Waals surface area contributed by atoms with Crippen molar-refractivity contribution in [1.82, 2.24) is 10.2 Å². The van der Waals surface area contributed by atoms with Gasteiger partial charge < -0.3 is 10.7 Å². The van der Waals surface area contributed by atoms with Crippen LogP contribution >= 0.6 is 15.9 Å². The van der Waals surface area contributed by atoms with Gasteiger partial charge in [0, 0.05) is 5.69 Å². The molecule has 0 atom stereocenters. The summed E-state index contributed by atoms with van der Waals surface area (Å²) in [5.41, 5.74) is 2.87. The molecule has 19 heavy (non-hydrogen) atoms. The highest BCUT2D eigenvalue weighted by molar-refractivity contribution is 9.10. The lowest BCUT2D eigenvalue weighted by Crippen LogP contribution is -2.16. The summed E-state index contributed by atoms with van der Waals surface area (Å²) in [6.07, 6.45) is 0. The van der Waals surface area contributed by atoms with Crippen LogP contribution in [0.1, 0.15) is 10.5 Å². The van der Waals surface area contributed by atoms with Gasteiger partial charge in [-0.25, -0.2) is 10.2 Å². The average molecular weight is 326 g/mol. The van der Waals surface area contributed by atoms with Gasteiger partial charge in [-0.2, -0.15) is 0 Å². The fraction of sp³-hybridized carbons (Fsp3) is 0. The molecular weight excluding hydrogens is 317 g/mol. The zero-order chi connectivity index (χ0) is 13.8. The fourth-order valence-corrected chi connectivity index (χ4v) is 1.68. The Hall–Kier alpha value is -2.06. The first-order chi connectivity index (χ1) is 9.10. The molecule has 0 aliphatic heterocycles. The second-order valence-electron chi connectivity index (χ2n) is 3.53. The second kappa shape index (κ2) is 5.72. The summed E-state index contributed by atoms with van der Waals surface area (Å²) in [5.74, 6) is 4.63. The summed E-state index contributed by atoms with van der Waals surface area (Å²) in [6, 6.07) is 7.13. The van der Waals surface area contributed by atoms with Gasteiger partial charge in [0.1, 0.15) is 5.82 Å². The number of hydrogen-bond donors (Lipinski definition) is 3. The highest BCUT2D eigenvalue weighted by atomic mass is 79.9. The van der Waals surface area contributed by atoms with E-state index in [0.717, 1.165) is 0 Å². The van der Waals surface area contributed by atoms with Crippen LogP contribution < -0.4 is 16.6 Å². The second-order valence-corrected chi connectivity index (χ2v) is 4.39. The molecule has 8 heteroatoms. The van der Waals surface area contributed by atoms with E-state index in [9.17, 15) is 9.18 Å². The molecule has 0 aliphatic carbocycles. The van der Waals surface area contributed by atoms with Crippen molar-refractivity contribution in [2.75, 3.05) is 10.7 Å². The zero-order valence-electron chi connectivity index (χ0n) is 9.52. The number of nitrogen functional groups attached to an aromatic ring is 1. The molecule has 1 aromatic heterocycles. The molecule has 0 spiro atoms.